The maximum absolute atomic E-state index is 10.3. The molecule has 0 saturated heterocycles. The van der Waals surface area contributed by atoms with Crippen LogP contribution in [0.5, 0.6) is 0 Å². The molecule has 3 N–H and O–H groups in total. The summed E-state index contributed by atoms with van der Waals surface area (Å²) in [5.74, 6) is -3.00. The molecule has 0 bridgehead atoms. The first-order valence-electron chi connectivity index (χ1n) is 3.27. The van der Waals surface area contributed by atoms with E-state index in [-0.39, 0.29) is 5.70 Å². The van der Waals surface area contributed by atoms with Crippen LogP contribution in [-0.4, -0.2) is 28.2 Å². The lowest BCUT2D eigenvalue weighted by Gasteiger charge is -2.10. The number of carboxylic acids is 2. The third-order valence-electron chi connectivity index (χ3n) is 1.15. The summed E-state index contributed by atoms with van der Waals surface area (Å²) in [6.45, 7) is 1.40. The summed E-state index contributed by atoms with van der Waals surface area (Å²) < 4.78 is 0. The predicted octanol–water partition coefficient (Wildman–Crippen LogP) is -0.459. The molecule has 0 atom stereocenters. The molecule has 70 valence electrons. The summed E-state index contributed by atoms with van der Waals surface area (Å²) in [4.78, 5) is 20.7. The molecule has 0 radical (unpaired) electrons. The third kappa shape index (κ3) is 3.76. The minimum atomic E-state index is -1.72. The first-order chi connectivity index (χ1) is 5.99. The van der Waals surface area contributed by atoms with Gasteiger partial charge in [-0.25, -0.2) is 9.59 Å². The number of nitriles is 1. The molecule has 0 saturated carbocycles. The van der Waals surface area contributed by atoms with Gasteiger partial charge < -0.3 is 15.5 Å². The van der Waals surface area contributed by atoms with Crippen LogP contribution in [0.15, 0.2) is 11.8 Å². The Bertz CT molecular complexity index is 275. The molecule has 0 aromatic rings. The molecule has 0 rings (SSSR count). The highest BCUT2D eigenvalue weighted by Gasteiger charge is 2.24. The molecule has 0 amide bonds. The fourth-order valence-corrected chi connectivity index (χ4v) is 0.595. The van der Waals surface area contributed by atoms with Crippen LogP contribution in [0.25, 0.3) is 0 Å². The number of carbonyl (C=O) groups is 2. The predicted molar refractivity (Wildman–Crippen MR) is 41.6 cm³/mol. The standard InChI is InChI=1S/C7H8N2O4/c1-4(2-3-8)9-5(6(10)11)7(12)13/h2,5,9H,1H3,(H,10,11)(H,12,13)/b4-2+. The normalized spacial score (nSPS) is 10.7. The average molecular weight is 184 g/mol. The van der Waals surface area contributed by atoms with Crippen molar-refractivity contribution in [1.29, 1.82) is 5.26 Å². The van der Waals surface area contributed by atoms with Crippen LogP contribution >= 0.6 is 0 Å². The molecule has 13 heavy (non-hydrogen) atoms. The molecular weight excluding hydrogens is 176 g/mol. The monoisotopic (exact) mass is 184 g/mol. The van der Waals surface area contributed by atoms with Crippen LogP contribution in [0.1, 0.15) is 6.92 Å². The van der Waals surface area contributed by atoms with Crippen molar-refractivity contribution in [1.82, 2.24) is 5.32 Å². The number of rotatable bonds is 4. The Balaban J connectivity index is 4.47. The Morgan fingerprint density at radius 1 is 1.46 bits per heavy atom. The first kappa shape index (κ1) is 11.0. The Labute approximate surface area is 74.1 Å². The summed E-state index contributed by atoms with van der Waals surface area (Å²) in [7, 11) is 0. The number of nitrogens with one attached hydrogen (secondary N) is 1. The number of hydrogen-bond acceptors (Lipinski definition) is 4. The van der Waals surface area contributed by atoms with Crippen LogP contribution in [-0.2, 0) is 9.59 Å². The Hall–Kier alpha value is -2.03. The number of allylic oxidation sites excluding steroid dienone is 2. The zero-order valence-electron chi connectivity index (χ0n) is 6.81. The van der Waals surface area contributed by atoms with Gasteiger partial charge in [0.15, 0.2) is 0 Å². The van der Waals surface area contributed by atoms with E-state index in [1.807, 2.05) is 0 Å². The molecule has 0 aromatic heterocycles. The van der Waals surface area contributed by atoms with Gasteiger partial charge in [-0.3, -0.25) is 0 Å². The third-order valence-corrected chi connectivity index (χ3v) is 1.15. The van der Waals surface area contributed by atoms with Gasteiger partial charge in [-0.2, -0.15) is 5.26 Å². The number of carboxylic acid groups (broad SMARTS) is 2. The van der Waals surface area contributed by atoms with Gasteiger partial charge in [0.1, 0.15) is 0 Å². The first-order valence-corrected chi connectivity index (χ1v) is 3.27. The summed E-state index contributed by atoms with van der Waals surface area (Å²) in [6.07, 6.45) is 1.03. The van der Waals surface area contributed by atoms with Crippen molar-refractivity contribution < 1.29 is 19.8 Å². The second-order valence-corrected chi connectivity index (χ2v) is 2.21. The molecule has 0 aromatic carbocycles. The van der Waals surface area contributed by atoms with Gasteiger partial charge in [0.05, 0.1) is 6.07 Å². The summed E-state index contributed by atoms with van der Waals surface area (Å²) >= 11 is 0. The molecule has 0 aliphatic heterocycles. The van der Waals surface area contributed by atoms with Gasteiger partial charge in [-0.1, -0.05) is 0 Å². The van der Waals surface area contributed by atoms with Crippen molar-refractivity contribution in [2.24, 2.45) is 0 Å². The minimum absolute atomic E-state index is 0.192. The second kappa shape index (κ2) is 4.77. The van der Waals surface area contributed by atoms with Gasteiger partial charge in [0.25, 0.3) is 0 Å². The summed E-state index contributed by atoms with van der Waals surface area (Å²) in [5.41, 5.74) is 0.192. The molecule has 0 unspecified atom stereocenters. The van der Waals surface area contributed by atoms with Crippen molar-refractivity contribution in [3.05, 3.63) is 11.8 Å². The van der Waals surface area contributed by atoms with E-state index >= 15 is 0 Å². The highest BCUT2D eigenvalue weighted by atomic mass is 16.4. The van der Waals surface area contributed by atoms with Gasteiger partial charge in [0, 0.05) is 11.8 Å². The van der Waals surface area contributed by atoms with Crippen LogP contribution in [0.4, 0.5) is 0 Å². The SMILES string of the molecule is C/C(=C\C#N)NC(C(=O)O)C(=O)O. The van der Waals surface area contributed by atoms with E-state index in [1.165, 1.54) is 6.92 Å². The molecule has 6 nitrogen and oxygen atoms in total. The van der Waals surface area contributed by atoms with Crippen molar-refractivity contribution >= 4 is 11.9 Å². The molecular formula is C7H8N2O4. The second-order valence-electron chi connectivity index (χ2n) is 2.21. The number of nitrogens with zero attached hydrogens (tertiary/aromatic N) is 1. The lowest BCUT2D eigenvalue weighted by molar-refractivity contribution is -0.150. The molecule has 0 heterocycles. The van der Waals surface area contributed by atoms with E-state index in [4.69, 9.17) is 15.5 Å². The number of hydrogen-bond donors (Lipinski definition) is 3. The fourth-order valence-electron chi connectivity index (χ4n) is 0.595. The fraction of sp³-hybridized carbons (Fsp3) is 0.286. The Kier molecular flexibility index (Phi) is 4.02. The zero-order valence-corrected chi connectivity index (χ0v) is 6.81. The maximum atomic E-state index is 10.3. The smallest absolute Gasteiger partial charge is 0.337 e. The minimum Gasteiger partial charge on any atom is -0.479 e. The van der Waals surface area contributed by atoms with E-state index in [1.54, 1.807) is 6.07 Å². The molecule has 0 spiro atoms. The maximum Gasteiger partial charge on any atom is 0.337 e. The summed E-state index contributed by atoms with van der Waals surface area (Å²) in [5, 5.41) is 27.1. The number of aliphatic carboxylic acids is 2. The lowest BCUT2D eigenvalue weighted by atomic mass is 10.3. The van der Waals surface area contributed by atoms with E-state index in [0.717, 1.165) is 6.08 Å². The van der Waals surface area contributed by atoms with Crippen LogP contribution in [0.3, 0.4) is 0 Å². The van der Waals surface area contributed by atoms with Crippen molar-refractivity contribution in [3.8, 4) is 6.07 Å². The van der Waals surface area contributed by atoms with E-state index in [2.05, 4.69) is 5.32 Å². The van der Waals surface area contributed by atoms with Gasteiger partial charge in [-0.05, 0) is 6.92 Å². The summed E-state index contributed by atoms with van der Waals surface area (Å²) in [6, 6.07) is -0.0777. The zero-order chi connectivity index (χ0) is 10.4. The van der Waals surface area contributed by atoms with Crippen molar-refractivity contribution in [2.75, 3.05) is 0 Å². The quantitative estimate of drug-likeness (QED) is 0.402. The van der Waals surface area contributed by atoms with E-state index in [9.17, 15) is 9.59 Å². The van der Waals surface area contributed by atoms with Gasteiger partial charge in [-0.15, -0.1) is 0 Å². The largest absolute Gasteiger partial charge is 0.479 e. The molecule has 0 aliphatic carbocycles. The van der Waals surface area contributed by atoms with Crippen LogP contribution < -0.4 is 5.32 Å². The van der Waals surface area contributed by atoms with Crippen LogP contribution in [0.2, 0.25) is 0 Å². The van der Waals surface area contributed by atoms with E-state index < -0.39 is 18.0 Å². The van der Waals surface area contributed by atoms with E-state index in [0.29, 0.717) is 0 Å². The Morgan fingerprint density at radius 3 is 2.23 bits per heavy atom. The van der Waals surface area contributed by atoms with Gasteiger partial charge in [0.2, 0.25) is 6.04 Å². The van der Waals surface area contributed by atoms with Crippen molar-refractivity contribution in [3.63, 3.8) is 0 Å². The highest BCUT2D eigenvalue weighted by molar-refractivity contribution is 5.97. The molecule has 0 fully saturated rings. The van der Waals surface area contributed by atoms with Crippen LogP contribution in [0, 0.1) is 11.3 Å². The lowest BCUT2D eigenvalue weighted by Crippen LogP contribution is -2.42. The van der Waals surface area contributed by atoms with Crippen molar-refractivity contribution in [2.45, 2.75) is 13.0 Å². The Morgan fingerprint density at radius 2 is 1.92 bits per heavy atom. The average Bonchev–Trinajstić information content (AvgIpc) is 1.99. The highest BCUT2D eigenvalue weighted by Crippen LogP contribution is 1.91. The van der Waals surface area contributed by atoms with Gasteiger partial charge >= 0.3 is 11.9 Å². The molecule has 0 aliphatic rings. The molecule has 6 heteroatoms. The topological polar surface area (TPSA) is 110 Å².